The molecule has 21 heavy (non-hydrogen) atoms. The number of urea groups is 1. The number of nitrogens with one attached hydrogen (secondary N) is 2. The number of anilines is 1. The molecule has 0 spiro atoms. The monoisotopic (exact) mass is 288 g/mol. The van der Waals surface area contributed by atoms with E-state index in [1.54, 1.807) is 24.1 Å². The highest BCUT2D eigenvalue weighted by molar-refractivity contribution is 5.90. The summed E-state index contributed by atoms with van der Waals surface area (Å²) in [5.41, 5.74) is 3.57. The molecule has 0 radical (unpaired) electrons. The molecule has 1 aromatic carbocycles. The Balaban J connectivity index is 1.87. The summed E-state index contributed by atoms with van der Waals surface area (Å²) in [6, 6.07) is 5.46. The number of hydrogen-bond acceptors (Lipinski definition) is 3. The zero-order valence-corrected chi connectivity index (χ0v) is 12.4. The maximum Gasteiger partial charge on any atom is 0.319 e. The second kappa shape index (κ2) is 6.41. The van der Waals surface area contributed by atoms with Crippen molar-refractivity contribution in [3.05, 3.63) is 47.3 Å². The Morgan fingerprint density at radius 1 is 1.43 bits per heavy atom. The van der Waals surface area contributed by atoms with Gasteiger partial charge < -0.3 is 15.7 Å². The summed E-state index contributed by atoms with van der Waals surface area (Å²) in [7, 11) is 1.77. The van der Waals surface area contributed by atoms with Gasteiger partial charge in [0.25, 0.3) is 0 Å². The van der Waals surface area contributed by atoms with Gasteiger partial charge in [0, 0.05) is 31.0 Å². The topological polar surface area (TPSA) is 79.2 Å². The van der Waals surface area contributed by atoms with Crippen molar-refractivity contribution in [2.75, 3.05) is 11.9 Å². The quantitative estimate of drug-likeness (QED) is 0.804. The first kappa shape index (κ1) is 15.1. The fraction of sp³-hybridized carbons (Fsp3) is 0.333. The van der Waals surface area contributed by atoms with E-state index in [1.807, 2.05) is 32.0 Å². The lowest BCUT2D eigenvalue weighted by Crippen LogP contribution is -2.32. The first-order chi connectivity index (χ1) is 9.95. The van der Waals surface area contributed by atoms with Crippen molar-refractivity contribution in [1.29, 1.82) is 0 Å². The highest BCUT2D eigenvalue weighted by atomic mass is 16.3. The van der Waals surface area contributed by atoms with Crippen molar-refractivity contribution in [3.8, 4) is 0 Å². The molecule has 0 fully saturated rings. The zero-order valence-electron chi connectivity index (χ0n) is 12.4. The number of rotatable bonds is 4. The highest BCUT2D eigenvalue weighted by Gasteiger charge is 2.11. The van der Waals surface area contributed by atoms with E-state index in [1.165, 1.54) is 0 Å². The van der Waals surface area contributed by atoms with Crippen molar-refractivity contribution in [3.63, 3.8) is 0 Å². The standard InChI is InChI=1S/C15H20N4O2/c1-10-4-5-13(11(2)6-10)18-15(21)16-8-14(20)12-7-17-19(3)9-12/h4-7,9,14,20H,8H2,1-3H3,(H2,16,18,21)/t14-/m1/s1. The van der Waals surface area contributed by atoms with Gasteiger partial charge in [-0.25, -0.2) is 4.79 Å². The molecule has 0 aliphatic rings. The number of carbonyl (C=O) groups is 1. The predicted octanol–water partition coefficient (Wildman–Crippen LogP) is 1.89. The van der Waals surface area contributed by atoms with E-state index in [2.05, 4.69) is 15.7 Å². The van der Waals surface area contributed by atoms with Crippen LogP contribution in [0.3, 0.4) is 0 Å². The fourth-order valence-corrected chi connectivity index (χ4v) is 2.04. The maximum absolute atomic E-state index is 11.8. The molecule has 1 atom stereocenters. The Morgan fingerprint density at radius 2 is 2.19 bits per heavy atom. The van der Waals surface area contributed by atoms with Crippen LogP contribution in [-0.4, -0.2) is 27.5 Å². The summed E-state index contributed by atoms with van der Waals surface area (Å²) in [5.74, 6) is 0. The largest absolute Gasteiger partial charge is 0.386 e. The molecule has 6 heteroatoms. The van der Waals surface area contributed by atoms with Crippen LogP contribution in [0.25, 0.3) is 0 Å². The number of carbonyl (C=O) groups excluding carboxylic acids is 1. The number of nitrogens with zero attached hydrogens (tertiary/aromatic N) is 2. The number of aryl methyl sites for hydroxylation is 3. The molecule has 6 nitrogen and oxygen atoms in total. The molecule has 2 amide bonds. The van der Waals surface area contributed by atoms with Crippen LogP contribution >= 0.6 is 0 Å². The van der Waals surface area contributed by atoms with Gasteiger partial charge in [-0.3, -0.25) is 4.68 Å². The molecule has 3 N–H and O–H groups in total. The second-order valence-electron chi connectivity index (χ2n) is 5.12. The van der Waals surface area contributed by atoms with E-state index in [9.17, 15) is 9.90 Å². The smallest absolute Gasteiger partial charge is 0.319 e. The molecule has 0 aliphatic carbocycles. The van der Waals surface area contributed by atoms with Gasteiger partial charge in [-0.2, -0.15) is 5.10 Å². The molecule has 1 heterocycles. The first-order valence-electron chi connectivity index (χ1n) is 6.74. The van der Waals surface area contributed by atoms with E-state index < -0.39 is 6.10 Å². The second-order valence-corrected chi connectivity index (χ2v) is 5.12. The van der Waals surface area contributed by atoms with Crippen LogP contribution in [0, 0.1) is 13.8 Å². The molecule has 112 valence electrons. The van der Waals surface area contributed by atoms with Crippen LogP contribution < -0.4 is 10.6 Å². The Morgan fingerprint density at radius 3 is 2.81 bits per heavy atom. The number of amides is 2. The summed E-state index contributed by atoms with van der Waals surface area (Å²) < 4.78 is 1.61. The van der Waals surface area contributed by atoms with Gasteiger partial charge in [0.15, 0.2) is 0 Å². The van der Waals surface area contributed by atoms with Crippen molar-refractivity contribution >= 4 is 11.7 Å². The van der Waals surface area contributed by atoms with Crippen LogP contribution in [-0.2, 0) is 7.05 Å². The van der Waals surface area contributed by atoms with Crippen molar-refractivity contribution < 1.29 is 9.90 Å². The van der Waals surface area contributed by atoms with E-state index in [4.69, 9.17) is 0 Å². The van der Waals surface area contributed by atoms with Gasteiger partial charge in [-0.1, -0.05) is 17.7 Å². The summed E-state index contributed by atoms with van der Waals surface area (Å²) >= 11 is 0. The SMILES string of the molecule is Cc1ccc(NC(=O)NC[C@@H](O)c2cnn(C)c2)c(C)c1. The molecule has 2 rings (SSSR count). The summed E-state index contributed by atoms with van der Waals surface area (Å²) in [6.07, 6.45) is 2.52. The minimum Gasteiger partial charge on any atom is -0.386 e. The van der Waals surface area contributed by atoms with Gasteiger partial charge >= 0.3 is 6.03 Å². The molecule has 0 saturated heterocycles. The average molecular weight is 288 g/mol. The van der Waals surface area contributed by atoms with Gasteiger partial charge in [0.2, 0.25) is 0 Å². The Hall–Kier alpha value is -2.34. The molecular formula is C15H20N4O2. The first-order valence-corrected chi connectivity index (χ1v) is 6.74. The molecule has 0 unspecified atom stereocenters. The van der Waals surface area contributed by atoms with Crippen molar-refractivity contribution in [2.45, 2.75) is 20.0 Å². The van der Waals surface area contributed by atoms with E-state index >= 15 is 0 Å². The third kappa shape index (κ3) is 4.06. The molecule has 1 aromatic heterocycles. The lowest BCUT2D eigenvalue weighted by molar-refractivity contribution is 0.175. The number of aliphatic hydroxyl groups excluding tert-OH is 1. The number of hydrogen-bond donors (Lipinski definition) is 3. The van der Waals surface area contributed by atoms with Crippen molar-refractivity contribution in [1.82, 2.24) is 15.1 Å². The van der Waals surface area contributed by atoms with Crippen LogP contribution in [0.15, 0.2) is 30.6 Å². The van der Waals surface area contributed by atoms with Gasteiger partial charge in [-0.05, 0) is 25.5 Å². The molecule has 0 saturated carbocycles. The summed E-state index contributed by atoms with van der Waals surface area (Å²) in [4.78, 5) is 11.8. The van der Waals surface area contributed by atoms with Gasteiger partial charge in [0.05, 0.1) is 12.3 Å². The molecule has 0 bridgehead atoms. The summed E-state index contributed by atoms with van der Waals surface area (Å²) in [6.45, 7) is 4.07. The lowest BCUT2D eigenvalue weighted by Gasteiger charge is -2.12. The maximum atomic E-state index is 11.8. The van der Waals surface area contributed by atoms with Gasteiger partial charge in [-0.15, -0.1) is 0 Å². The number of aliphatic hydroxyl groups is 1. The van der Waals surface area contributed by atoms with E-state index in [-0.39, 0.29) is 12.6 Å². The Kier molecular flexibility index (Phi) is 4.59. The average Bonchev–Trinajstić information content (AvgIpc) is 2.86. The van der Waals surface area contributed by atoms with Crippen LogP contribution in [0.2, 0.25) is 0 Å². The molecular weight excluding hydrogens is 268 g/mol. The van der Waals surface area contributed by atoms with Crippen molar-refractivity contribution in [2.24, 2.45) is 7.05 Å². The lowest BCUT2D eigenvalue weighted by atomic mass is 10.1. The minimum atomic E-state index is -0.774. The van der Waals surface area contributed by atoms with Crippen LogP contribution in [0.4, 0.5) is 10.5 Å². The molecule has 2 aromatic rings. The Labute approximate surface area is 123 Å². The Bertz CT molecular complexity index is 636. The third-order valence-corrected chi connectivity index (χ3v) is 3.20. The van der Waals surface area contributed by atoms with Crippen LogP contribution in [0.1, 0.15) is 22.8 Å². The van der Waals surface area contributed by atoms with E-state index in [0.29, 0.717) is 5.56 Å². The normalized spacial score (nSPS) is 12.0. The fourth-order valence-electron chi connectivity index (χ4n) is 2.04. The number of aromatic nitrogens is 2. The number of benzene rings is 1. The minimum absolute atomic E-state index is 0.127. The third-order valence-electron chi connectivity index (χ3n) is 3.20. The van der Waals surface area contributed by atoms with Gasteiger partial charge in [0.1, 0.15) is 0 Å². The predicted molar refractivity (Wildman–Crippen MR) is 81.1 cm³/mol. The highest BCUT2D eigenvalue weighted by Crippen LogP contribution is 2.16. The van der Waals surface area contributed by atoms with Crippen LogP contribution in [0.5, 0.6) is 0 Å². The zero-order chi connectivity index (χ0) is 15.4. The molecule has 0 aliphatic heterocycles. The van der Waals surface area contributed by atoms with E-state index in [0.717, 1.165) is 16.8 Å². The summed E-state index contributed by atoms with van der Waals surface area (Å²) in [5, 5.41) is 19.3.